The van der Waals surface area contributed by atoms with Crippen LogP contribution >= 0.6 is 0 Å². The van der Waals surface area contributed by atoms with Gasteiger partial charge < -0.3 is 9.84 Å². The number of carbonyl (C=O) groups excluding carboxylic acids is 1. The van der Waals surface area contributed by atoms with Crippen molar-refractivity contribution in [3.8, 4) is 0 Å². The summed E-state index contributed by atoms with van der Waals surface area (Å²) in [6, 6.07) is 0. The molecule has 0 unspecified atom stereocenters. The molecule has 0 saturated carbocycles. The van der Waals surface area contributed by atoms with E-state index < -0.39 is 0 Å². The van der Waals surface area contributed by atoms with E-state index in [-0.39, 0.29) is 36.3 Å². The van der Waals surface area contributed by atoms with Gasteiger partial charge in [-0.05, 0) is 0 Å². The van der Waals surface area contributed by atoms with E-state index in [4.69, 9.17) is 5.11 Å². The van der Waals surface area contributed by atoms with Crippen molar-refractivity contribution in [1.29, 1.82) is 0 Å². The molecule has 0 saturated heterocycles. The van der Waals surface area contributed by atoms with E-state index >= 15 is 0 Å². The fraction of sp³-hybridized carbons (Fsp3) is 0.750. The number of aliphatic hydroxyl groups excluding tert-OH is 1. The Balaban J connectivity index is 0. The van der Waals surface area contributed by atoms with Crippen LogP contribution in [-0.2, 0) is 26.6 Å². The predicted molar refractivity (Wildman–Crippen MR) is 23.7 cm³/mol. The summed E-state index contributed by atoms with van der Waals surface area (Å²) in [7, 11) is 0. The fourth-order valence-corrected chi connectivity index (χ4v) is 0.189. The molecule has 0 aromatic carbocycles. The summed E-state index contributed by atoms with van der Waals surface area (Å²) >= 11 is 0. The molecule has 0 bridgehead atoms. The third-order valence-corrected chi connectivity index (χ3v) is 0.397. The van der Waals surface area contributed by atoms with Crippen LogP contribution in [0, 0.1) is 0 Å². The number of ether oxygens (including phenoxy) is 1. The Bertz CT molecular complexity index is 64.3. The first kappa shape index (κ1) is 10.8. The van der Waals surface area contributed by atoms with Crippen LogP contribution in [0.2, 0.25) is 0 Å². The van der Waals surface area contributed by atoms with Crippen LogP contribution in [0.25, 0.3) is 0 Å². The van der Waals surface area contributed by atoms with Gasteiger partial charge in [-0.3, -0.25) is 4.79 Å². The molecule has 4 heteroatoms. The number of rotatable bonds is 2. The number of hydrogen-bond acceptors (Lipinski definition) is 3. The molecule has 0 aromatic rings. The molecule has 3 nitrogen and oxygen atoms in total. The van der Waals surface area contributed by atoms with Gasteiger partial charge in [0.05, 0.1) is 6.61 Å². The maximum absolute atomic E-state index is 9.87. The second-order valence-corrected chi connectivity index (χ2v) is 1.06. The molecule has 0 aliphatic heterocycles. The molecule has 0 spiro atoms. The van der Waals surface area contributed by atoms with Gasteiger partial charge in [-0.25, -0.2) is 0 Å². The average molecular weight is 159 g/mol. The van der Waals surface area contributed by atoms with Crippen molar-refractivity contribution in [2.24, 2.45) is 0 Å². The Hall–Kier alpha value is -0.0505. The predicted octanol–water partition coefficient (Wildman–Crippen LogP) is -0.461. The van der Waals surface area contributed by atoms with Crippen molar-refractivity contribution in [3.05, 3.63) is 0 Å². The van der Waals surface area contributed by atoms with Crippen LogP contribution in [0.15, 0.2) is 0 Å². The van der Waals surface area contributed by atoms with Gasteiger partial charge in [-0.1, -0.05) is 0 Å². The number of aliphatic hydroxyl groups is 1. The standard InChI is InChI=1S/C4H8O3.Mn/c1-4(6)7-3-2-5;/h5H,2-3H2,1H3;. The third-order valence-electron chi connectivity index (χ3n) is 0.397. The van der Waals surface area contributed by atoms with Crippen LogP contribution in [-0.4, -0.2) is 24.3 Å². The van der Waals surface area contributed by atoms with Crippen molar-refractivity contribution in [2.75, 3.05) is 13.2 Å². The molecule has 0 amide bonds. The SMILES string of the molecule is CC(=O)OCCO.[Mn]. The summed E-state index contributed by atoms with van der Waals surface area (Å²) in [4.78, 5) is 9.87. The molecule has 0 heterocycles. The van der Waals surface area contributed by atoms with Gasteiger partial charge in [0.1, 0.15) is 6.61 Å². The molecule has 0 atom stereocenters. The quantitative estimate of drug-likeness (QED) is 0.438. The third kappa shape index (κ3) is 9.34. The second-order valence-electron chi connectivity index (χ2n) is 1.06. The molecular formula is C4H8MnO3. The van der Waals surface area contributed by atoms with E-state index in [1.807, 2.05) is 0 Å². The normalized spacial score (nSPS) is 7.25. The maximum Gasteiger partial charge on any atom is 0.302 e. The van der Waals surface area contributed by atoms with Gasteiger partial charge in [-0.15, -0.1) is 0 Å². The van der Waals surface area contributed by atoms with Crippen LogP contribution < -0.4 is 0 Å². The molecule has 0 fully saturated rings. The monoisotopic (exact) mass is 159 g/mol. The minimum Gasteiger partial charge on any atom is -0.463 e. The molecule has 0 aromatic heterocycles. The van der Waals surface area contributed by atoms with E-state index in [1.165, 1.54) is 6.92 Å². The summed E-state index contributed by atoms with van der Waals surface area (Å²) < 4.78 is 4.30. The zero-order valence-corrected chi connectivity index (χ0v) is 5.74. The molecular weight excluding hydrogens is 151 g/mol. The Labute approximate surface area is 58.5 Å². The Morgan fingerprint density at radius 3 is 2.38 bits per heavy atom. The first-order valence-electron chi connectivity index (χ1n) is 2.01. The summed E-state index contributed by atoms with van der Waals surface area (Å²) in [6.07, 6.45) is 0. The van der Waals surface area contributed by atoms with Crippen molar-refractivity contribution < 1.29 is 31.7 Å². The number of esters is 1. The molecule has 0 aliphatic carbocycles. The zero-order valence-electron chi connectivity index (χ0n) is 4.56. The smallest absolute Gasteiger partial charge is 0.302 e. The van der Waals surface area contributed by atoms with E-state index in [0.717, 1.165) is 0 Å². The van der Waals surface area contributed by atoms with Gasteiger partial charge in [0, 0.05) is 24.0 Å². The summed E-state index contributed by atoms with van der Waals surface area (Å²) in [6.45, 7) is 1.31. The van der Waals surface area contributed by atoms with E-state index in [9.17, 15) is 4.79 Å². The van der Waals surface area contributed by atoms with Gasteiger partial charge in [0.25, 0.3) is 0 Å². The van der Waals surface area contributed by atoms with Gasteiger partial charge >= 0.3 is 5.97 Å². The summed E-state index contributed by atoms with van der Waals surface area (Å²) in [5.74, 6) is -0.353. The molecule has 49 valence electrons. The topological polar surface area (TPSA) is 46.5 Å². The average Bonchev–Trinajstić information content (AvgIpc) is 1.61. The minimum absolute atomic E-state index is 0. The number of hydrogen-bond donors (Lipinski definition) is 1. The zero-order chi connectivity index (χ0) is 5.70. The Kier molecular flexibility index (Phi) is 9.42. The maximum atomic E-state index is 9.87. The van der Waals surface area contributed by atoms with E-state index in [1.54, 1.807) is 0 Å². The van der Waals surface area contributed by atoms with Gasteiger partial charge in [0.15, 0.2) is 0 Å². The van der Waals surface area contributed by atoms with Gasteiger partial charge in [0.2, 0.25) is 0 Å². The molecule has 0 rings (SSSR count). The molecule has 0 aliphatic rings. The molecule has 1 N–H and O–H groups in total. The second kappa shape index (κ2) is 6.95. The summed E-state index contributed by atoms with van der Waals surface area (Å²) in [5, 5.41) is 8.04. The Morgan fingerprint density at radius 2 is 2.25 bits per heavy atom. The van der Waals surface area contributed by atoms with E-state index in [0.29, 0.717) is 0 Å². The summed E-state index contributed by atoms with van der Waals surface area (Å²) in [5.41, 5.74) is 0. The van der Waals surface area contributed by atoms with Crippen molar-refractivity contribution in [1.82, 2.24) is 0 Å². The van der Waals surface area contributed by atoms with E-state index in [2.05, 4.69) is 4.74 Å². The van der Waals surface area contributed by atoms with Crippen LogP contribution in [0.5, 0.6) is 0 Å². The first-order chi connectivity index (χ1) is 3.27. The van der Waals surface area contributed by atoms with Crippen LogP contribution in [0.1, 0.15) is 6.92 Å². The molecule has 8 heavy (non-hydrogen) atoms. The number of carbonyl (C=O) groups is 1. The minimum atomic E-state index is -0.353. The van der Waals surface area contributed by atoms with Crippen LogP contribution in [0.4, 0.5) is 0 Å². The van der Waals surface area contributed by atoms with Crippen LogP contribution in [0.3, 0.4) is 0 Å². The van der Waals surface area contributed by atoms with Gasteiger partial charge in [-0.2, -0.15) is 0 Å². The van der Waals surface area contributed by atoms with Crippen molar-refractivity contribution in [3.63, 3.8) is 0 Å². The Morgan fingerprint density at radius 1 is 1.75 bits per heavy atom. The fourth-order valence-electron chi connectivity index (χ4n) is 0.189. The molecule has 1 radical (unpaired) electrons. The largest absolute Gasteiger partial charge is 0.463 e. The van der Waals surface area contributed by atoms with Crippen molar-refractivity contribution >= 4 is 5.97 Å². The first-order valence-corrected chi connectivity index (χ1v) is 2.01. The van der Waals surface area contributed by atoms with Crippen molar-refractivity contribution in [2.45, 2.75) is 6.92 Å².